The first-order valence-corrected chi connectivity index (χ1v) is 8.68. The van der Waals surface area contributed by atoms with Crippen LogP contribution < -0.4 is 15.5 Å². The third kappa shape index (κ3) is 5.97. The molecule has 7 heteroatoms. The molecule has 0 heterocycles. The van der Waals surface area contributed by atoms with Crippen molar-refractivity contribution < 1.29 is 14.3 Å². The van der Waals surface area contributed by atoms with Gasteiger partial charge in [-0.25, -0.2) is 5.43 Å². The summed E-state index contributed by atoms with van der Waals surface area (Å²) in [6.07, 6.45) is 3.70. The Kier molecular flexibility index (Phi) is 7.58. The second kappa shape index (κ2) is 10.1. The Labute approximate surface area is 162 Å². The molecule has 2 amide bonds. The molecule has 0 bridgehead atoms. The lowest BCUT2D eigenvalue weighted by molar-refractivity contribution is -0.136. The van der Waals surface area contributed by atoms with Crippen LogP contribution in [0.3, 0.4) is 0 Å². The number of anilines is 1. The smallest absolute Gasteiger partial charge is 0.329 e. The highest BCUT2D eigenvalue weighted by atomic mass is 35.5. The van der Waals surface area contributed by atoms with Crippen LogP contribution in [0.5, 0.6) is 5.75 Å². The number of rotatable bonds is 7. The van der Waals surface area contributed by atoms with Gasteiger partial charge in [0.25, 0.3) is 0 Å². The molecular formula is C20H20ClN3O3. The van der Waals surface area contributed by atoms with Gasteiger partial charge in [-0.05, 0) is 36.2 Å². The van der Waals surface area contributed by atoms with E-state index in [0.29, 0.717) is 28.6 Å². The molecule has 0 saturated heterocycles. The molecule has 0 fully saturated rings. The summed E-state index contributed by atoms with van der Waals surface area (Å²) in [4.78, 5) is 24.0. The van der Waals surface area contributed by atoms with Crippen LogP contribution >= 0.6 is 11.6 Å². The van der Waals surface area contributed by atoms with Gasteiger partial charge >= 0.3 is 11.8 Å². The Balaban J connectivity index is 2.01. The lowest BCUT2D eigenvalue weighted by Gasteiger charge is -2.09. The van der Waals surface area contributed by atoms with Gasteiger partial charge in [-0.15, -0.1) is 0 Å². The zero-order chi connectivity index (χ0) is 19.6. The van der Waals surface area contributed by atoms with E-state index in [0.717, 1.165) is 12.0 Å². The van der Waals surface area contributed by atoms with Crippen molar-refractivity contribution in [3.8, 4) is 5.75 Å². The summed E-state index contributed by atoms with van der Waals surface area (Å²) < 4.78 is 5.49. The summed E-state index contributed by atoms with van der Waals surface area (Å²) >= 11 is 5.97. The average Bonchev–Trinajstić information content (AvgIpc) is 2.67. The molecular weight excluding hydrogens is 366 g/mol. The van der Waals surface area contributed by atoms with E-state index < -0.39 is 11.8 Å². The maximum Gasteiger partial charge on any atom is 0.329 e. The minimum Gasteiger partial charge on any atom is -0.489 e. The molecule has 0 aliphatic rings. The first-order chi connectivity index (χ1) is 13.0. The Hall–Kier alpha value is -3.12. The standard InChI is InChI=1S/C20H20ClN3O3/c1-3-11-27-18-10-9-16(21)12-15(18)13-22-24-20(26)19(25)23-17-8-6-5-7-14(17)4-2/h3,5-10,12-13H,1,4,11H2,2H3,(H,23,25)(H,24,26)/b22-13-. The Morgan fingerprint density at radius 1 is 1.22 bits per heavy atom. The van der Waals surface area contributed by atoms with Crippen molar-refractivity contribution in [2.24, 2.45) is 5.10 Å². The fourth-order valence-electron chi connectivity index (χ4n) is 2.24. The van der Waals surface area contributed by atoms with Crippen LogP contribution in [0.25, 0.3) is 0 Å². The molecule has 2 aromatic carbocycles. The first kappa shape index (κ1) is 20.2. The second-order valence-corrected chi connectivity index (χ2v) is 5.88. The predicted molar refractivity (Wildman–Crippen MR) is 107 cm³/mol. The molecule has 2 N–H and O–H groups in total. The van der Waals surface area contributed by atoms with Gasteiger partial charge in [0.2, 0.25) is 0 Å². The second-order valence-electron chi connectivity index (χ2n) is 5.45. The van der Waals surface area contributed by atoms with Crippen LogP contribution in [0.2, 0.25) is 5.02 Å². The number of amides is 2. The number of hydrazone groups is 1. The summed E-state index contributed by atoms with van der Waals surface area (Å²) in [6.45, 7) is 5.87. The van der Waals surface area contributed by atoms with E-state index in [1.54, 1.807) is 36.4 Å². The molecule has 2 rings (SSSR count). The normalized spacial score (nSPS) is 10.4. The molecule has 0 spiro atoms. The number of nitrogens with zero attached hydrogens (tertiary/aromatic N) is 1. The van der Waals surface area contributed by atoms with Crippen LogP contribution in [0.4, 0.5) is 5.69 Å². The molecule has 0 atom stereocenters. The Morgan fingerprint density at radius 3 is 2.74 bits per heavy atom. The summed E-state index contributed by atoms with van der Waals surface area (Å²) in [5, 5.41) is 6.87. The molecule has 0 unspecified atom stereocenters. The van der Waals surface area contributed by atoms with Crippen molar-refractivity contribution in [3.63, 3.8) is 0 Å². The van der Waals surface area contributed by atoms with Gasteiger partial charge in [-0.2, -0.15) is 5.10 Å². The molecule has 2 aromatic rings. The molecule has 0 saturated carbocycles. The van der Waals surface area contributed by atoms with Crippen LogP contribution in [-0.2, 0) is 16.0 Å². The third-order valence-corrected chi connectivity index (χ3v) is 3.79. The van der Waals surface area contributed by atoms with Crippen molar-refractivity contribution in [1.29, 1.82) is 0 Å². The van der Waals surface area contributed by atoms with Crippen molar-refractivity contribution >= 4 is 35.3 Å². The largest absolute Gasteiger partial charge is 0.489 e. The maximum atomic E-state index is 12.0. The number of hydrogen-bond donors (Lipinski definition) is 2. The highest BCUT2D eigenvalue weighted by Crippen LogP contribution is 2.21. The van der Waals surface area contributed by atoms with Gasteiger partial charge in [0.1, 0.15) is 12.4 Å². The summed E-state index contributed by atoms with van der Waals surface area (Å²) in [5.74, 6) is -1.16. The number of para-hydroxylation sites is 1. The van der Waals surface area contributed by atoms with E-state index in [-0.39, 0.29) is 0 Å². The molecule has 0 aromatic heterocycles. The van der Waals surface area contributed by atoms with E-state index >= 15 is 0 Å². The highest BCUT2D eigenvalue weighted by molar-refractivity contribution is 6.39. The average molecular weight is 386 g/mol. The minimum absolute atomic E-state index is 0.314. The number of hydrogen-bond acceptors (Lipinski definition) is 4. The van der Waals surface area contributed by atoms with Crippen LogP contribution in [0.15, 0.2) is 60.2 Å². The number of benzene rings is 2. The van der Waals surface area contributed by atoms with Gasteiger partial charge in [0.05, 0.1) is 6.21 Å². The number of nitrogens with one attached hydrogen (secondary N) is 2. The lowest BCUT2D eigenvalue weighted by Crippen LogP contribution is -2.32. The summed E-state index contributed by atoms with van der Waals surface area (Å²) in [5.41, 5.74) is 4.28. The molecule has 140 valence electrons. The van der Waals surface area contributed by atoms with Crippen molar-refractivity contribution in [2.75, 3.05) is 11.9 Å². The number of ether oxygens (including phenoxy) is 1. The molecule has 27 heavy (non-hydrogen) atoms. The SMILES string of the molecule is C=CCOc1ccc(Cl)cc1/C=N\NC(=O)C(=O)Nc1ccccc1CC. The molecule has 0 aliphatic carbocycles. The zero-order valence-electron chi connectivity index (χ0n) is 14.9. The van der Waals surface area contributed by atoms with Gasteiger partial charge < -0.3 is 10.1 Å². The summed E-state index contributed by atoms with van der Waals surface area (Å²) in [6, 6.07) is 12.3. The van der Waals surface area contributed by atoms with E-state index in [9.17, 15) is 9.59 Å². The predicted octanol–water partition coefficient (Wildman–Crippen LogP) is 3.56. The van der Waals surface area contributed by atoms with Crippen LogP contribution in [0, 0.1) is 0 Å². The maximum absolute atomic E-state index is 12.0. The van der Waals surface area contributed by atoms with Crippen molar-refractivity contribution in [1.82, 2.24) is 5.43 Å². The third-order valence-electron chi connectivity index (χ3n) is 3.55. The van der Waals surface area contributed by atoms with E-state index in [2.05, 4.69) is 22.4 Å². The monoisotopic (exact) mass is 385 g/mol. The quantitative estimate of drug-likeness (QED) is 0.331. The topological polar surface area (TPSA) is 79.8 Å². The van der Waals surface area contributed by atoms with Gasteiger partial charge in [0.15, 0.2) is 0 Å². The molecule has 0 aliphatic heterocycles. The Bertz CT molecular complexity index is 865. The number of halogens is 1. The fraction of sp³-hybridized carbons (Fsp3) is 0.150. The molecule has 0 radical (unpaired) electrons. The first-order valence-electron chi connectivity index (χ1n) is 8.30. The van der Waals surface area contributed by atoms with Gasteiger partial charge in [0, 0.05) is 16.3 Å². The number of carbonyl (C=O) groups is 2. The van der Waals surface area contributed by atoms with Gasteiger partial charge in [-0.3, -0.25) is 9.59 Å². The van der Waals surface area contributed by atoms with Crippen LogP contribution in [0.1, 0.15) is 18.1 Å². The summed E-state index contributed by atoms with van der Waals surface area (Å²) in [7, 11) is 0. The van der Waals surface area contributed by atoms with E-state index in [1.165, 1.54) is 6.21 Å². The number of carbonyl (C=O) groups excluding carboxylic acids is 2. The van der Waals surface area contributed by atoms with E-state index in [1.807, 2.05) is 19.1 Å². The van der Waals surface area contributed by atoms with E-state index in [4.69, 9.17) is 16.3 Å². The van der Waals surface area contributed by atoms with Crippen molar-refractivity contribution in [3.05, 3.63) is 71.3 Å². The minimum atomic E-state index is -0.882. The lowest BCUT2D eigenvalue weighted by atomic mass is 10.1. The Morgan fingerprint density at radius 2 is 2.00 bits per heavy atom. The van der Waals surface area contributed by atoms with Gasteiger partial charge in [-0.1, -0.05) is 49.4 Å². The zero-order valence-corrected chi connectivity index (χ0v) is 15.6. The van der Waals surface area contributed by atoms with Crippen LogP contribution in [-0.4, -0.2) is 24.6 Å². The fourth-order valence-corrected chi connectivity index (χ4v) is 2.42. The number of aryl methyl sites for hydroxylation is 1. The molecule has 6 nitrogen and oxygen atoms in total. The highest BCUT2D eigenvalue weighted by Gasteiger charge is 2.14. The van der Waals surface area contributed by atoms with Crippen molar-refractivity contribution in [2.45, 2.75) is 13.3 Å².